The number of methoxy groups -OCH3 is 1. The van der Waals surface area contributed by atoms with E-state index in [0.717, 1.165) is 11.6 Å². The third-order valence-electron chi connectivity index (χ3n) is 5.28. The molecule has 164 valence electrons. The molecule has 1 aromatic carbocycles. The Labute approximate surface area is 189 Å². The first kappa shape index (κ1) is 21.7. The van der Waals surface area contributed by atoms with Crippen LogP contribution in [0.1, 0.15) is 24.2 Å². The van der Waals surface area contributed by atoms with Gasteiger partial charge in [0.15, 0.2) is 0 Å². The van der Waals surface area contributed by atoms with E-state index in [2.05, 4.69) is 15.3 Å². The molecule has 3 aromatic rings. The Hall–Kier alpha value is -3.52. The molecular formula is C23H20ClFN4O3. The maximum atomic E-state index is 13.7. The van der Waals surface area contributed by atoms with E-state index in [0.29, 0.717) is 28.4 Å². The largest absolute Gasteiger partial charge is 0.495 e. The number of pyridine rings is 2. The molecule has 0 saturated carbocycles. The second kappa shape index (κ2) is 8.55. The summed E-state index contributed by atoms with van der Waals surface area (Å²) in [5.74, 6) is -1.48. The summed E-state index contributed by atoms with van der Waals surface area (Å²) in [5.41, 5.74) is 3.43. The lowest BCUT2D eigenvalue weighted by Crippen LogP contribution is -2.40. The number of carbonyl (C=O) groups is 2. The van der Waals surface area contributed by atoms with Gasteiger partial charge in [0.1, 0.15) is 18.1 Å². The van der Waals surface area contributed by atoms with Gasteiger partial charge in [-0.1, -0.05) is 11.6 Å². The van der Waals surface area contributed by atoms with Crippen LogP contribution in [0, 0.1) is 12.7 Å². The number of carbonyl (C=O) groups excluding carboxylic acids is 2. The highest BCUT2D eigenvalue weighted by atomic mass is 35.5. The third kappa shape index (κ3) is 4.01. The van der Waals surface area contributed by atoms with Crippen molar-refractivity contribution in [3.63, 3.8) is 0 Å². The normalized spacial score (nSPS) is 15.0. The summed E-state index contributed by atoms with van der Waals surface area (Å²) in [7, 11) is 1.54. The molecule has 2 aromatic heterocycles. The molecule has 0 bridgehead atoms. The van der Waals surface area contributed by atoms with Crippen LogP contribution in [-0.4, -0.2) is 35.4 Å². The maximum Gasteiger partial charge on any atom is 0.244 e. The van der Waals surface area contributed by atoms with Gasteiger partial charge in [-0.3, -0.25) is 19.6 Å². The fourth-order valence-electron chi connectivity index (χ4n) is 3.66. The number of nitrogens with zero attached hydrogens (tertiary/aromatic N) is 3. The van der Waals surface area contributed by atoms with Crippen molar-refractivity contribution in [3.8, 4) is 16.9 Å². The van der Waals surface area contributed by atoms with Gasteiger partial charge < -0.3 is 15.0 Å². The number of nitrogens with one attached hydrogen (secondary N) is 1. The SMILES string of the molecule is COc1cnc2c(c1)-c1cnc(C)cc1N(CC(=O)Nc1ccc(Cl)c(F)c1)C(=O)C2C. The summed E-state index contributed by atoms with van der Waals surface area (Å²) in [6, 6.07) is 7.53. The predicted octanol–water partition coefficient (Wildman–Crippen LogP) is 4.34. The van der Waals surface area contributed by atoms with E-state index in [1.54, 1.807) is 39.4 Å². The minimum atomic E-state index is -0.647. The molecule has 2 amide bonds. The van der Waals surface area contributed by atoms with E-state index in [1.165, 1.54) is 17.0 Å². The summed E-state index contributed by atoms with van der Waals surface area (Å²) in [6.07, 6.45) is 3.22. The quantitative estimate of drug-likeness (QED) is 0.633. The highest BCUT2D eigenvalue weighted by Crippen LogP contribution is 2.41. The molecular weight excluding hydrogens is 435 g/mol. The van der Waals surface area contributed by atoms with Crippen molar-refractivity contribution >= 4 is 34.8 Å². The van der Waals surface area contributed by atoms with Crippen molar-refractivity contribution in [2.45, 2.75) is 19.8 Å². The number of halogens is 2. The van der Waals surface area contributed by atoms with Crippen molar-refractivity contribution < 1.29 is 18.7 Å². The van der Waals surface area contributed by atoms with Crippen LogP contribution in [0.3, 0.4) is 0 Å². The van der Waals surface area contributed by atoms with E-state index in [1.807, 2.05) is 6.07 Å². The third-order valence-corrected chi connectivity index (χ3v) is 5.59. The summed E-state index contributed by atoms with van der Waals surface area (Å²) < 4.78 is 19.1. The average molecular weight is 455 g/mol. The van der Waals surface area contributed by atoms with Gasteiger partial charge in [0.25, 0.3) is 0 Å². The van der Waals surface area contributed by atoms with Crippen LogP contribution >= 0.6 is 11.6 Å². The molecule has 1 unspecified atom stereocenters. The van der Waals surface area contributed by atoms with Crippen molar-refractivity contribution in [2.24, 2.45) is 0 Å². The van der Waals surface area contributed by atoms with E-state index < -0.39 is 17.6 Å². The lowest BCUT2D eigenvalue weighted by Gasteiger charge is -2.24. The number of anilines is 2. The molecule has 0 aliphatic carbocycles. The van der Waals surface area contributed by atoms with Crippen LogP contribution in [0.15, 0.2) is 42.7 Å². The van der Waals surface area contributed by atoms with Crippen LogP contribution in [-0.2, 0) is 9.59 Å². The van der Waals surface area contributed by atoms with Gasteiger partial charge in [-0.05, 0) is 44.2 Å². The zero-order chi connectivity index (χ0) is 23.0. The zero-order valence-corrected chi connectivity index (χ0v) is 18.4. The number of amides is 2. The molecule has 1 atom stereocenters. The topological polar surface area (TPSA) is 84.4 Å². The molecule has 3 heterocycles. The van der Waals surface area contributed by atoms with E-state index in [-0.39, 0.29) is 23.2 Å². The Balaban J connectivity index is 1.73. The molecule has 7 nitrogen and oxygen atoms in total. The molecule has 0 saturated heterocycles. The number of rotatable bonds is 4. The summed E-state index contributed by atoms with van der Waals surface area (Å²) >= 11 is 5.70. The predicted molar refractivity (Wildman–Crippen MR) is 120 cm³/mol. The van der Waals surface area contributed by atoms with Gasteiger partial charge in [0.05, 0.1) is 35.6 Å². The minimum Gasteiger partial charge on any atom is -0.495 e. The first-order valence-corrected chi connectivity index (χ1v) is 10.2. The van der Waals surface area contributed by atoms with E-state index >= 15 is 0 Å². The minimum absolute atomic E-state index is 0.0443. The van der Waals surface area contributed by atoms with Crippen molar-refractivity contribution in [1.82, 2.24) is 9.97 Å². The summed E-state index contributed by atoms with van der Waals surface area (Å²) in [5, 5.41) is 2.57. The van der Waals surface area contributed by atoms with Crippen molar-refractivity contribution in [1.29, 1.82) is 0 Å². The second-order valence-corrected chi connectivity index (χ2v) is 7.88. The number of aromatic nitrogens is 2. The van der Waals surface area contributed by atoms with E-state index in [4.69, 9.17) is 16.3 Å². The van der Waals surface area contributed by atoms with Crippen LogP contribution in [0.2, 0.25) is 5.02 Å². The highest BCUT2D eigenvalue weighted by molar-refractivity contribution is 6.30. The molecule has 1 aliphatic heterocycles. The number of fused-ring (bicyclic) bond motifs is 3. The summed E-state index contributed by atoms with van der Waals surface area (Å²) in [4.78, 5) is 36.4. The Morgan fingerprint density at radius 1 is 1.22 bits per heavy atom. The Morgan fingerprint density at radius 2 is 2.00 bits per heavy atom. The standard InChI is InChI=1S/C23H20ClFN4O3/c1-12-6-20-17(10-26-12)16-8-15(32-3)9-27-22(16)13(2)23(31)29(20)11-21(30)28-14-4-5-18(24)19(25)7-14/h4-10,13H,11H2,1-3H3,(H,28,30). The lowest BCUT2D eigenvalue weighted by molar-refractivity contribution is -0.122. The Kier molecular flexibility index (Phi) is 5.80. The fourth-order valence-corrected chi connectivity index (χ4v) is 3.77. The number of aryl methyl sites for hydroxylation is 1. The second-order valence-electron chi connectivity index (χ2n) is 7.47. The average Bonchev–Trinajstić information content (AvgIpc) is 2.85. The van der Waals surface area contributed by atoms with Crippen LogP contribution in [0.4, 0.5) is 15.8 Å². The Bertz CT molecular complexity index is 1230. The number of hydrogen-bond donors (Lipinski definition) is 1. The Morgan fingerprint density at radius 3 is 2.72 bits per heavy atom. The van der Waals surface area contributed by atoms with Crippen LogP contribution in [0.25, 0.3) is 11.1 Å². The van der Waals surface area contributed by atoms with Gasteiger partial charge in [0.2, 0.25) is 11.8 Å². The van der Waals surface area contributed by atoms with Gasteiger partial charge in [-0.2, -0.15) is 0 Å². The molecule has 32 heavy (non-hydrogen) atoms. The molecule has 0 spiro atoms. The smallest absolute Gasteiger partial charge is 0.244 e. The summed E-state index contributed by atoms with van der Waals surface area (Å²) in [6.45, 7) is 3.28. The van der Waals surface area contributed by atoms with Gasteiger partial charge in [-0.15, -0.1) is 0 Å². The molecule has 1 N–H and O–H groups in total. The number of ether oxygens (including phenoxy) is 1. The fraction of sp³-hybridized carbons (Fsp3) is 0.217. The van der Waals surface area contributed by atoms with Gasteiger partial charge in [-0.25, -0.2) is 4.39 Å². The molecule has 1 aliphatic rings. The number of hydrogen-bond acceptors (Lipinski definition) is 5. The molecule has 0 fully saturated rings. The monoisotopic (exact) mass is 454 g/mol. The van der Waals surface area contributed by atoms with Crippen molar-refractivity contribution in [3.05, 3.63) is 65.0 Å². The molecule has 4 rings (SSSR count). The zero-order valence-electron chi connectivity index (χ0n) is 17.6. The van der Waals surface area contributed by atoms with Gasteiger partial charge >= 0.3 is 0 Å². The molecule has 0 radical (unpaired) electrons. The maximum absolute atomic E-state index is 13.7. The lowest BCUT2D eigenvalue weighted by atomic mass is 9.98. The first-order chi connectivity index (χ1) is 15.3. The van der Waals surface area contributed by atoms with Crippen LogP contribution < -0.4 is 15.0 Å². The van der Waals surface area contributed by atoms with E-state index in [9.17, 15) is 14.0 Å². The first-order valence-electron chi connectivity index (χ1n) is 9.85. The number of benzene rings is 1. The van der Waals surface area contributed by atoms with Gasteiger partial charge in [0, 0.05) is 28.7 Å². The van der Waals surface area contributed by atoms with Crippen LogP contribution in [0.5, 0.6) is 5.75 Å². The highest BCUT2D eigenvalue weighted by Gasteiger charge is 2.34. The van der Waals surface area contributed by atoms with Crippen molar-refractivity contribution in [2.75, 3.05) is 23.9 Å². The molecule has 9 heteroatoms.